The molecule has 1 heterocycles. The molecule has 0 radical (unpaired) electrons. The summed E-state index contributed by atoms with van der Waals surface area (Å²) in [7, 11) is 0. The van der Waals surface area contributed by atoms with Gasteiger partial charge in [-0.05, 0) is 32.3 Å². The number of anilines is 2. The molecule has 7 nitrogen and oxygen atoms in total. The van der Waals surface area contributed by atoms with Crippen molar-refractivity contribution in [2.45, 2.75) is 45.3 Å². The number of ether oxygens (including phenoxy) is 1. The lowest BCUT2D eigenvalue weighted by Gasteiger charge is -2.35. The first-order chi connectivity index (χ1) is 10.1. The molecule has 1 fully saturated rings. The molecule has 2 rings (SSSR count). The predicted octanol–water partition coefficient (Wildman–Crippen LogP) is 2.79. The highest BCUT2D eigenvalue weighted by molar-refractivity contribution is 5.60. The van der Waals surface area contributed by atoms with Gasteiger partial charge in [0.15, 0.2) is 0 Å². The number of hydrogen-bond acceptors (Lipinski definition) is 6. The fourth-order valence-corrected chi connectivity index (χ4v) is 2.31. The second kappa shape index (κ2) is 7.21. The van der Waals surface area contributed by atoms with Crippen molar-refractivity contribution < 1.29 is 9.66 Å². The van der Waals surface area contributed by atoms with E-state index in [-0.39, 0.29) is 17.8 Å². The van der Waals surface area contributed by atoms with Crippen molar-refractivity contribution in [1.29, 1.82) is 0 Å². The van der Waals surface area contributed by atoms with Gasteiger partial charge in [-0.1, -0.05) is 6.92 Å². The Labute approximate surface area is 124 Å². The lowest BCUT2D eigenvalue weighted by atomic mass is 9.89. The topological polar surface area (TPSA) is 89.3 Å². The second-order valence-electron chi connectivity index (χ2n) is 5.14. The van der Waals surface area contributed by atoms with Gasteiger partial charge in [-0.2, -0.15) is 0 Å². The first kappa shape index (κ1) is 15.5. The van der Waals surface area contributed by atoms with Crippen molar-refractivity contribution in [2.75, 3.05) is 23.8 Å². The number of nitrogens with zero attached hydrogens (tertiary/aromatic N) is 2. The molecule has 0 saturated heterocycles. The second-order valence-corrected chi connectivity index (χ2v) is 5.14. The van der Waals surface area contributed by atoms with Crippen molar-refractivity contribution in [3.8, 4) is 0 Å². The first-order valence-electron chi connectivity index (χ1n) is 7.41. The number of nitro groups is 1. The normalized spacial score (nSPS) is 20.7. The fraction of sp³-hybridized carbons (Fsp3) is 0.643. The van der Waals surface area contributed by atoms with E-state index < -0.39 is 4.92 Å². The first-order valence-corrected chi connectivity index (χ1v) is 7.41. The van der Waals surface area contributed by atoms with Crippen LogP contribution in [0.15, 0.2) is 12.1 Å². The van der Waals surface area contributed by atoms with Gasteiger partial charge in [0.2, 0.25) is 5.82 Å². The minimum absolute atomic E-state index is 0.0110. The van der Waals surface area contributed by atoms with E-state index in [4.69, 9.17) is 4.74 Å². The quantitative estimate of drug-likeness (QED) is 0.566. The Hall–Kier alpha value is -1.89. The highest BCUT2D eigenvalue weighted by Crippen LogP contribution is 2.30. The van der Waals surface area contributed by atoms with E-state index in [1.165, 1.54) is 6.07 Å². The molecule has 2 N–H and O–H groups in total. The maximum atomic E-state index is 11.1. The van der Waals surface area contributed by atoms with Crippen LogP contribution in [-0.2, 0) is 4.74 Å². The maximum absolute atomic E-state index is 11.1. The summed E-state index contributed by atoms with van der Waals surface area (Å²) in [4.78, 5) is 15.0. The number of hydrogen-bond donors (Lipinski definition) is 2. The Morgan fingerprint density at radius 2 is 2.19 bits per heavy atom. The zero-order valence-electron chi connectivity index (χ0n) is 12.5. The summed E-state index contributed by atoms with van der Waals surface area (Å²) >= 11 is 0. The van der Waals surface area contributed by atoms with Crippen LogP contribution in [0.25, 0.3) is 0 Å². The third-order valence-corrected chi connectivity index (χ3v) is 3.46. The van der Waals surface area contributed by atoms with E-state index in [2.05, 4.69) is 22.5 Å². The van der Waals surface area contributed by atoms with Crippen LogP contribution in [0.3, 0.4) is 0 Å². The summed E-state index contributed by atoms with van der Waals surface area (Å²) in [6.07, 6.45) is 2.95. The molecular formula is C14H22N4O3. The molecular weight excluding hydrogens is 272 g/mol. The Balaban J connectivity index is 2.03. The van der Waals surface area contributed by atoms with E-state index in [1.54, 1.807) is 6.07 Å². The van der Waals surface area contributed by atoms with Gasteiger partial charge in [0.25, 0.3) is 0 Å². The summed E-state index contributed by atoms with van der Waals surface area (Å²) in [5.41, 5.74) is 0.0110. The molecule has 1 aromatic heterocycles. The van der Waals surface area contributed by atoms with Crippen molar-refractivity contribution in [2.24, 2.45) is 0 Å². The Bertz CT molecular complexity index is 489. The van der Waals surface area contributed by atoms with Gasteiger partial charge < -0.3 is 15.4 Å². The van der Waals surface area contributed by atoms with Crippen LogP contribution >= 0.6 is 0 Å². The molecule has 0 unspecified atom stereocenters. The highest BCUT2D eigenvalue weighted by Gasteiger charge is 2.31. The lowest BCUT2D eigenvalue weighted by molar-refractivity contribution is -0.384. The molecule has 0 aliphatic heterocycles. The fourth-order valence-electron chi connectivity index (χ4n) is 2.31. The summed E-state index contributed by atoms with van der Waals surface area (Å²) in [6, 6.07) is 3.32. The van der Waals surface area contributed by atoms with Gasteiger partial charge in [-0.15, -0.1) is 0 Å². The maximum Gasteiger partial charge on any atom is 0.311 e. The number of pyridine rings is 1. The molecule has 1 aliphatic carbocycles. The molecule has 7 heteroatoms. The smallest absolute Gasteiger partial charge is 0.311 e. The van der Waals surface area contributed by atoms with Crippen molar-refractivity contribution in [3.63, 3.8) is 0 Å². The van der Waals surface area contributed by atoms with Gasteiger partial charge in [0.1, 0.15) is 5.82 Å². The third-order valence-electron chi connectivity index (χ3n) is 3.46. The zero-order valence-corrected chi connectivity index (χ0v) is 12.5. The summed E-state index contributed by atoms with van der Waals surface area (Å²) in [6.45, 7) is 5.52. The predicted molar refractivity (Wildman–Crippen MR) is 81.7 cm³/mol. The Morgan fingerprint density at radius 1 is 1.43 bits per heavy atom. The van der Waals surface area contributed by atoms with E-state index in [9.17, 15) is 10.1 Å². The van der Waals surface area contributed by atoms with Gasteiger partial charge in [0, 0.05) is 25.3 Å². The monoisotopic (exact) mass is 294 g/mol. The number of nitrogens with one attached hydrogen (secondary N) is 2. The average molecular weight is 294 g/mol. The lowest BCUT2D eigenvalue weighted by Crippen LogP contribution is -2.41. The highest BCUT2D eigenvalue weighted by atomic mass is 16.6. The van der Waals surface area contributed by atoms with Gasteiger partial charge in [0.05, 0.1) is 11.0 Å². The average Bonchev–Trinajstić information content (AvgIpc) is 2.42. The number of rotatable bonds is 8. The number of aromatic nitrogens is 1. The van der Waals surface area contributed by atoms with E-state index in [0.717, 1.165) is 25.8 Å². The Morgan fingerprint density at radius 3 is 2.81 bits per heavy atom. The van der Waals surface area contributed by atoms with Gasteiger partial charge in [-0.3, -0.25) is 10.1 Å². The largest absolute Gasteiger partial charge is 0.378 e. The molecule has 0 bridgehead atoms. The van der Waals surface area contributed by atoms with E-state index in [1.807, 2.05) is 6.92 Å². The summed E-state index contributed by atoms with van der Waals surface area (Å²) in [5, 5.41) is 17.4. The van der Waals surface area contributed by atoms with Crippen LogP contribution in [-0.4, -0.2) is 35.2 Å². The van der Waals surface area contributed by atoms with Crippen molar-refractivity contribution in [1.82, 2.24) is 4.98 Å². The minimum atomic E-state index is -0.405. The molecule has 0 atom stereocenters. The molecule has 116 valence electrons. The summed E-state index contributed by atoms with van der Waals surface area (Å²) in [5.74, 6) is 0.992. The molecule has 1 saturated carbocycles. The molecule has 1 aromatic rings. The summed E-state index contributed by atoms with van der Waals surface area (Å²) < 4.78 is 5.49. The standard InChI is InChI=1S/C14H22N4O3/c1-3-7-15-13-6-5-12(18(19)20)14(17-13)16-10-8-11(9-10)21-4-2/h5-6,10-11H,3-4,7-9H2,1-2H3,(H2,15,16,17). The third kappa shape index (κ3) is 4.04. The van der Waals surface area contributed by atoms with Crippen LogP contribution in [0, 0.1) is 10.1 Å². The minimum Gasteiger partial charge on any atom is -0.378 e. The van der Waals surface area contributed by atoms with Crippen LogP contribution in [0.4, 0.5) is 17.3 Å². The van der Waals surface area contributed by atoms with Crippen LogP contribution in [0.2, 0.25) is 0 Å². The zero-order chi connectivity index (χ0) is 15.2. The molecule has 21 heavy (non-hydrogen) atoms. The van der Waals surface area contributed by atoms with Gasteiger partial charge >= 0.3 is 5.69 Å². The van der Waals surface area contributed by atoms with E-state index in [0.29, 0.717) is 18.2 Å². The van der Waals surface area contributed by atoms with Crippen molar-refractivity contribution in [3.05, 3.63) is 22.2 Å². The van der Waals surface area contributed by atoms with Crippen molar-refractivity contribution >= 4 is 17.3 Å². The molecule has 0 aromatic carbocycles. The van der Waals surface area contributed by atoms with E-state index >= 15 is 0 Å². The molecule has 0 amide bonds. The molecule has 1 aliphatic rings. The van der Waals surface area contributed by atoms with Crippen LogP contribution in [0.5, 0.6) is 0 Å². The SMILES string of the molecule is CCCNc1ccc([N+](=O)[O-])c(NC2CC(OCC)C2)n1. The molecule has 0 spiro atoms. The van der Waals surface area contributed by atoms with Crippen LogP contribution < -0.4 is 10.6 Å². The van der Waals surface area contributed by atoms with Crippen LogP contribution in [0.1, 0.15) is 33.1 Å². The van der Waals surface area contributed by atoms with Gasteiger partial charge in [-0.25, -0.2) is 4.98 Å². The Kier molecular flexibility index (Phi) is 5.32.